The molecule has 0 aliphatic heterocycles. The third-order valence-corrected chi connectivity index (χ3v) is 2.51. The van der Waals surface area contributed by atoms with E-state index in [4.69, 9.17) is 10.00 Å². The lowest BCUT2D eigenvalue weighted by atomic mass is 10.1. The molecule has 0 heterocycles. The molecule has 0 spiro atoms. The van der Waals surface area contributed by atoms with Gasteiger partial charge in [-0.1, -0.05) is 6.07 Å². The summed E-state index contributed by atoms with van der Waals surface area (Å²) in [7, 11) is 1.53. The van der Waals surface area contributed by atoms with E-state index in [1.165, 1.54) is 13.2 Å². The quantitative estimate of drug-likeness (QED) is 0.715. The number of hydrogen-bond acceptors (Lipinski definition) is 4. The van der Waals surface area contributed by atoms with Gasteiger partial charge in [0.2, 0.25) is 0 Å². The average Bonchev–Trinajstić information content (AvgIpc) is 2.36. The van der Waals surface area contributed by atoms with Crippen molar-refractivity contribution in [1.29, 1.82) is 5.26 Å². The van der Waals surface area contributed by atoms with E-state index in [9.17, 15) is 9.50 Å². The highest BCUT2D eigenvalue weighted by atomic mass is 19.1. The summed E-state index contributed by atoms with van der Waals surface area (Å²) in [5.74, 6) is -0.390. The van der Waals surface area contributed by atoms with Crippen molar-refractivity contribution in [3.05, 3.63) is 35.1 Å². The Hall–Kier alpha value is -1.48. The van der Waals surface area contributed by atoms with Crippen LogP contribution in [0, 0.1) is 17.1 Å². The summed E-state index contributed by atoms with van der Waals surface area (Å²) >= 11 is 0. The first kappa shape index (κ1) is 14.6. The first-order valence-electron chi connectivity index (χ1n) is 5.73. The fourth-order valence-corrected chi connectivity index (χ4v) is 1.53. The van der Waals surface area contributed by atoms with E-state index < -0.39 is 6.10 Å². The van der Waals surface area contributed by atoms with Crippen molar-refractivity contribution in [2.24, 2.45) is 0 Å². The Morgan fingerprint density at radius 1 is 1.56 bits per heavy atom. The minimum absolute atomic E-state index is 0.299. The van der Waals surface area contributed by atoms with Crippen LogP contribution in [0.15, 0.2) is 18.2 Å². The zero-order chi connectivity index (χ0) is 13.4. The number of nitrogens with zero attached hydrogens (tertiary/aromatic N) is 1. The van der Waals surface area contributed by atoms with E-state index in [0.717, 1.165) is 0 Å². The van der Waals surface area contributed by atoms with Crippen molar-refractivity contribution >= 4 is 0 Å². The number of benzene rings is 1. The zero-order valence-electron chi connectivity index (χ0n) is 10.3. The predicted octanol–water partition coefficient (Wildman–Crippen LogP) is 1.18. The van der Waals surface area contributed by atoms with Crippen molar-refractivity contribution in [3.8, 4) is 6.07 Å². The number of aliphatic hydroxyl groups is 1. The Labute approximate surface area is 106 Å². The topological polar surface area (TPSA) is 65.3 Å². The summed E-state index contributed by atoms with van der Waals surface area (Å²) < 4.78 is 18.3. The summed E-state index contributed by atoms with van der Waals surface area (Å²) in [6.45, 7) is 1.24. The third-order valence-electron chi connectivity index (χ3n) is 2.51. The van der Waals surface area contributed by atoms with E-state index in [2.05, 4.69) is 5.32 Å². The molecule has 0 aliphatic carbocycles. The molecule has 18 heavy (non-hydrogen) atoms. The first-order valence-corrected chi connectivity index (χ1v) is 5.73. The molecular formula is C13H17FN2O2. The van der Waals surface area contributed by atoms with Crippen LogP contribution in [0.25, 0.3) is 0 Å². The van der Waals surface area contributed by atoms with Gasteiger partial charge in [-0.25, -0.2) is 4.39 Å². The third kappa shape index (κ3) is 4.80. The molecule has 0 saturated heterocycles. The molecule has 0 saturated carbocycles. The van der Waals surface area contributed by atoms with Gasteiger partial charge in [-0.2, -0.15) is 5.26 Å². The van der Waals surface area contributed by atoms with Crippen LogP contribution in [0.1, 0.15) is 17.5 Å². The first-order chi connectivity index (χ1) is 8.67. The van der Waals surface area contributed by atoms with Crippen molar-refractivity contribution < 1.29 is 14.2 Å². The van der Waals surface area contributed by atoms with Gasteiger partial charge in [-0.05, 0) is 25.1 Å². The fourth-order valence-electron chi connectivity index (χ4n) is 1.53. The van der Waals surface area contributed by atoms with Crippen molar-refractivity contribution in [3.63, 3.8) is 0 Å². The maximum atomic E-state index is 13.5. The predicted molar refractivity (Wildman–Crippen MR) is 65.3 cm³/mol. The largest absolute Gasteiger partial charge is 0.391 e. The highest BCUT2D eigenvalue weighted by Crippen LogP contribution is 2.09. The molecule has 4 nitrogen and oxygen atoms in total. The Kier molecular flexibility index (Phi) is 6.29. The van der Waals surface area contributed by atoms with E-state index >= 15 is 0 Å². The van der Waals surface area contributed by atoms with Gasteiger partial charge in [0.25, 0.3) is 0 Å². The Bertz CT molecular complexity index is 418. The smallest absolute Gasteiger partial charge is 0.129 e. The monoisotopic (exact) mass is 252 g/mol. The number of ether oxygens (including phenoxy) is 1. The molecule has 1 aromatic rings. The highest BCUT2D eigenvalue weighted by molar-refractivity contribution is 5.32. The number of nitriles is 1. The average molecular weight is 252 g/mol. The standard InChI is InChI=1S/C13H17FN2O2/c1-18-9-12(17)4-5-16-8-11-3-2-10(7-15)6-13(11)14/h2-3,6,12,16-17H,4-5,8-9H2,1H3. The van der Waals surface area contributed by atoms with Gasteiger partial charge in [-0.15, -0.1) is 0 Å². The number of hydrogen-bond donors (Lipinski definition) is 2. The molecule has 0 radical (unpaired) electrons. The molecule has 1 rings (SSSR count). The molecule has 1 aromatic carbocycles. The molecular weight excluding hydrogens is 235 g/mol. The van der Waals surface area contributed by atoms with E-state index in [1.54, 1.807) is 12.1 Å². The fraction of sp³-hybridized carbons (Fsp3) is 0.462. The van der Waals surface area contributed by atoms with Crippen LogP contribution in [-0.2, 0) is 11.3 Å². The van der Waals surface area contributed by atoms with Crippen LogP contribution >= 0.6 is 0 Å². The van der Waals surface area contributed by atoms with Crippen LogP contribution in [0.5, 0.6) is 0 Å². The van der Waals surface area contributed by atoms with Gasteiger partial charge in [0.05, 0.1) is 24.3 Å². The van der Waals surface area contributed by atoms with E-state index in [0.29, 0.717) is 37.2 Å². The van der Waals surface area contributed by atoms with Crippen LogP contribution in [0.2, 0.25) is 0 Å². The molecule has 0 fully saturated rings. The molecule has 5 heteroatoms. The lowest BCUT2D eigenvalue weighted by Gasteiger charge is -2.10. The molecule has 0 amide bonds. The van der Waals surface area contributed by atoms with Crippen molar-refractivity contribution in [2.45, 2.75) is 19.1 Å². The van der Waals surface area contributed by atoms with Gasteiger partial charge < -0.3 is 15.2 Å². The summed E-state index contributed by atoms with van der Waals surface area (Å²) in [5, 5.41) is 21.0. The number of methoxy groups -OCH3 is 1. The Balaban J connectivity index is 2.34. The number of rotatable bonds is 7. The highest BCUT2D eigenvalue weighted by Gasteiger charge is 2.05. The van der Waals surface area contributed by atoms with Crippen LogP contribution in [0.3, 0.4) is 0 Å². The minimum atomic E-state index is -0.506. The molecule has 98 valence electrons. The maximum absolute atomic E-state index is 13.5. The van der Waals surface area contributed by atoms with Gasteiger partial charge in [-0.3, -0.25) is 0 Å². The zero-order valence-corrected chi connectivity index (χ0v) is 10.3. The second-order valence-electron chi connectivity index (χ2n) is 3.99. The summed E-state index contributed by atoms with van der Waals surface area (Å²) in [5.41, 5.74) is 0.821. The van der Waals surface area contributed by atoms with Gasteiger partial charge in [0.1, 0.15) is 5.82 Å². The Morgan fingerprint density at radius 3 is 2.94 bits per heavy atom. The van der Waals surface area contributed by atoms with Crippen LogP contribution < -0.4 is 5.32 Å². The summed E-state index contributed by atoms with van der Waals surface area (Å²) in [4.78, 5) is 0. The van der Waals surface area contributed by atoms with Crippen molar-refractivity contribution in [2.75, 3.05) is 20.3 Å². The normalized spacial score (nSPS) is 12.1. The van der Waals surface area contributed by atoms with E-state index in [-0.39, 0.29) is 5.82 Å². The van der Waals surface area contributed by atoms with E-state index in [1.807, 2.05) is 6.07 Å². The molecule has 1 atom stereocenters. The minimum Gasteiger partial charge on any atom is -0.391 e. The molecule has 0 aliphatic rings. The lowest BCUT2D eigenvalue weighted by Crippen LogP contribution is -2.23. The molecule has 1 unspecified atom stereocenters. The number of halogens is 1. The Morgan fingerprint density at radius 2 is 2.33 bits per heavy atom. The number of nitrogens with one attached hydrogen (secondary N) is 1. The van der Waals surface area contributed by atoms with Gasteiger partial charge in [0.15, 0.2) is 0 Å². The summed E-state index contributed by atoms with van der Waals surface area (Å²) in [6, 6.07) is 6.28. The second-order valence-corrected chi connectivity index (χ2v) is 3.99. The van der Waals surface area contributed by atoms with Gasteiger partial charge in [0, 0.05) is 19.2 Å². The molecule has 0 aromatic heterocycles. The summed E-state index contributed by atoms with van der Waals surface area (Å²) in [6.07, 6.45) is 0.0412. The molecule has 0 bridgehead atoms. The number of aliphatic hydroxyl groups excluding tert-OH is 1. The maximum Gasteiger partial charge on any atom is 0.129 e. The lowest BCUT2D eigenvalue weighted by molar-refractivity contribution is 0.0594. The molecule has 2 N–H and O–H groups in total. The second kappa shape index (κ2) is 7.77. The van der Waals surface area contributed by atoms with Crippen LogP contribution in [0.4, 0.5) is 4.39 Å². The SMILES string of the molecule is COCC(O)CCNCc1ccc(C#N)cc1F. The van der Waals surface area contributed by atoms with Crippen molar-refractivity contribution in [1.82, 2.24) is 5.32 Å². The van der Waals surface area contributed by atoms with Gasteiger partial charge >= 0.3 is 0 Å². The van der Waals surface area contributed by atoms with Crippen LogP contribution in [-0.4, -0.2) is 31.5 Å².